The zero-order valence-corrected chi connectivity index (χ0v) is 20.4. The Bertz CT molecular complexity index is 1440. The first kappa shape index (κ1) is 23.9. The number of likely N-dealkylation sites (N-methyl/N-ethyl adjacent to an activating group) is 1. The van der Waals surface area contributed by atoms with Crippen molar-refractivity contribution < 1.29 is 22.6 Å². The minimum atomic E-state index is -4.63. The van der Waals surface area contributed by atoms with E-state index in [9.17, 15) is 13.2 Å². The predicted octanol–water partition coefficient (Wildman–Crippen LogP) is 3.37. The van der Waals surface area contributed by atoms with Gasteiger partial charge >= 0.3 is 6.18 Å². The van der Waals surface area contributed by atoms with Gasteiger partial charge in [0.25, 0.3) is 0 Å². The molecule has 194 valence electrons. The van der Waals surface area contributed by atoms with Gasteiger partial charge in [0.1, 0.15) is 35.2 Å². The zero-order chi connectivity index (χ0) is 25.8. The van der Waals surface area contributed by atoms with Gasteiger partial charge in [-0.1, -0.05) is 18.2 Å². The molecule has 1 aromatic carbocycles. The topological polar surface area (TPSA) is 94.0 Å². The molecule has 6 rings (SSSR count). The molecule has 2 fully saturated rings. The van der Waals surface area contributed by atoms with Crippen LogP contribution in [0.4, 0.5) is 13.2 Å². The van der Waals surface area contributed by atoms with Gasteiger partial charge in [-0.15, -0.1) is 10.2 Å². The van der Waals surface area contributed by atoms with Crippen molar-refractivity contribution in [1.29, 1.82) is 0 Å². The molecular formula is C25H26F3N7O2. The molecule has 1 N–H and O–H groups in total. The van der Waals surface area contributed by atoms with Gasteiger partial charge < -0.3 is 18.9 Å². The molecule has 2 aliphatic heterocycles. The summed E-state index contributed by atoms with van der Waals surface area (Å²) in [5.74, 6) is 0.755. The van der Waals surface area contributed by atoms with Gasteiger partial charge in [0, 0.05) is 42.9 Å². The van der Waals surface area contributed by atoms with Crippen LogP contribution >= 0.6 is 0 Å². The number of pyridine rings is 1. The quantitative estimate of drug-likeness (QED) is 0.423. The third kappa shape index (κ3) is 4.33. The SMILES string of the molecule is CN1CC[C@@H](Oc2nc(C(F)(F)F)cc3c(-c4cccc(C5(Cc6nncn6C)COC5)c4)n[nH]c23)C1. The van der Waals surface area contributed by atoms with Crippen LogP contribution in [-0.4, -0.2) is 74.3 Å². The summed E-state index contributed by atoms with van der Waals surface area (Å²) < 4.78 is 54.9. The number of alkyl halides is 3. The number of nitrogens with zero attached hydrogens (tertiary/aromatic N) is 6. The maximum absolute atomic E-state index is 13.8. The Morgan fingerprint density at radius 1 is 1.22 bits per heavy atom. The molecular weight excluding hydrogens is 487 g/mol. The van der Waals surface area contributed by atoms with Crippen molar-refractivity contribution in [2.24, 2.45) is 7.05 Å². The fourth-order valence-corrected chi connectivity index (χ4v) is 5.07. The number of ether oxygens (including phenoxy) is 2. The highest BCUT2D eigenvalue weighted by atomic mass is 19.4. The Kier molecular flexibility index (Phi) is 5.68. The number of hydrogen-bond acceptors (Lipinski definition) is 7. The number of rotatable bonds is 6. The van der Waals surface area contributed by atoms with Crippen LogP contribution in [0.5, 0.6) is 5.88 Å². The van der Waals surface area contributed by atoms with Gasteiger partial charge in [0.2, 0.25) is 5.88 Å². The van der Waals surface area contributed by atoms with Crippen LogP contribution in [0.3, 0.4) is 0 Å². The van der Waals surface area contributed by atoms with Crippen molar-refractivity contribution in [3.8, 4) is 17.1 Å². The Morgan fingerprint density at radius 2 is 2.05 bits per heavy atom. The number of nitrogens with one attached hydrogen (secondary N) is 1. The summed E-state index contributed by atoms with van der Waals surface area (Å²) in [7, 11) is 3.84. The van der Waals surface area contributed by atoms with E-state index in [1.54, 1.807) is 6.33 Å². The number of H-pyrrole nitrogens is 1. The average molecular weight is 514 g/mol. The highest BCUT2D eigenvalue weighted by Gasteiger charge is 2.42. The van der Waals surface area contributed by atoms with E-state index >= 15 is 0 Å². The molecule has 0 unspecified atom stereocenters. The van der Waals surface area contributed by atoms with E-state index in [1.165, 1.54) is 0 Å². The molecule has 12 heteroatoms. The molecule has 1 atom stereocenters. The molecule has 0 amide bonds. The van der Waals surface area contributed by atoms with E-state index in [4.69, 9.17) is 9.47 Å². The van der Waals surface area contributed by atoms with Crippen molar-refractivity contribution in [3.63, 3.8) is 0 Å². The minimum absolute atomic E-state index is 0.0776. The van der Waals surface area contributed by atoms with Crippen LogP contribution in [0, 0.1) is 0 Å². The van der Waals surface area contributed by atoms with E-state index in [1.807, 2.05) is 42.9 Å². The lowest BCUT2D eigenvalue weighted by atomic mass is 9.75. The Hall–Kier alpha value is -3.51. The normalized spacial score (nSPS) is 19.9. The predicted molar refractivity (Wildman–Crippen MR) is 128 cm³/mol. The van der Waals surface area contributed by atoms with Gasteiger partial charge in [-0.25, -0.2) is 4.98 Å². The Balaban J connectivity index is 1.40. The van der Waals surface area contributed by atoms with Gasteiger partial charge in [0.05, 0.1) is 13.2 Å². The van der Waals surface area contributed by atoms with Crippen molar-refractivity contribution in [2.75, 3.05) is 33.4 Å². The van der Waals surface area contributed by atoms with E-state index in [0.717, 1.165) is 24.0 Å². The monoisotopic (exact) mass is 513 g/mol. The second kappa shape index (κ2) is 8.80. The van der Waals surface area contributed by atoms with E-state index in [-0.39, 0.29) is 17.4 Å². The maximum atomic E-state index is 13.8. The lowest BCUT2D eigenvalue weighted by Gasteiger charge is -2.41. The number of hydrogen-bond donors (Lipinski definition) is 1. The molecule has 0 radical (unpaired) electrons. The second-order valence-corrected chi connectivity index (χ2v) is 9.98. The summed E-state index contributed by atoms with van der Waals surface area (Å²) >= 11 is 0. The number of aromatic nitrogens is 6. The Labute approximate surface area is 210 Å². The van der Waals surface area contributed by atoms with Gasteiger partial charge in [-0.2, -0.15) is 18.3 Å². The van der Waals surface area contributed by atoms with Crippen LogP contribution < -0.4 is 4.74 Å². The van der Waals surface area contributed by atoms with Crippen molar-refractivity contribution >= 4 is 10.9 Å². The number of benzene rings is 1. The largest absolute Gasteiger partial charge is 0.471 e. The fourth-order valence-electron chi connectivity index (χ4n) is 5.07. The van der Waals surface area contributed by atoms with Crippen LogP contribution in [0.2, 0.25) is 0 Å². The van der Waals surface area contributed by atoms with Crippen LogP contribution in [0.25, 0.3) is 22.2 Å². The van der Waals surface area contributed by atoms with Crippen molar-refractivity contribution in [3.05, 3.63) is 53.7 Å². The first-order valence-corrected chi connectivity index (χ1v) is 12.0. The van der Waals surface area contributed by atoms with Crippen molar-refractivity contribution in [1.82, 2.24) is 34.8 Å². The molecule has 37 heavy (non-hydrogen) atoms. The number of halogens is 3. The molecule has 2 aliphatic rings. The minimum Gasteiger partial charge on any atom is -0.471 e. The highest BCUT2D eigenvalue weighted by Crippen LogP contribution is 2.40. The zero-order valence-electron chi connectivity index (χ0n) is 20.4. The summed E-state index contributed by atoms with van der Waals surface area (Å²) in [5.41, 5.74) is 1.15. The molecule has 9 nitrogen and oxygen atoms in total. The average Bonchev–Trinajstić information content (AvgIpc) is 3.56. The van der Waals surface area contributed by atoms with E-state index in [2.05, 4.69) is 30.3 Å². The van der Waals surface area contributed by atoms with Gasteiger partial charge in [-0.05, 0) is 31.2 Å². The van der Waals surface area contributed by atoms with Gasteiger partial charge in [0.15, 0.2) is 0 Å². The van der Waals surface area contributed by atoms with Crippen LogP contribution in [0.1, 0.15) is 23.5 Å². The summed E-state index contributed by atoms with van der Waals surface area (Å²) in [6, 6.07) is 8.74. The molecule has 0 bridgehead atoms. The van der Waals surface area contributed by atoms with Crippen LogP contribution in [-0.2, 0) is 29.8 Å². The summed E-state index contributed by atoms with van der Waals surface area (Å²) in [6.07, 6.45) is -1.86. The molecule has 4 aromatic rings. The standard InChI is InChI=1S/C25H26F3N7O2/c1-34-7-6-17(11-34)37-23-22-18(9-19(30-23)25(26,27)28)21(32-33-22)15-4-3-5-16(8-15)24(12-36-13-24)10-20-31-29-14-35(20)2/h3-5,8-9,14,17H,6-7,10-13H2,1-2H3,(H,32,33)/t17-/m1/s1. The Morgan fingerprint density at radius 3 is 2.70 bits per heavy atom. The summed E-state index contributed by atoms with van der Waals surface area (Å²) in [4.78, 5) is 5.90. The van der Waals surface area contributed by atoms with Gasteiger partial charge in [-0.3, -0.25) is 5.10 Å². The number of likely N-dealkylation sites (tertiary alicyclic amines) is 1. The number of aryl methyl sites for hydroxylation is 1. The molecule has 3 aromatic heterocycles. The van der Waals surface area contributed by atoms with E-state index in [0.29, 0.717) is 54.8 Å². The lowest BCUT2D eigenvalue weighted by molar-refractivity contribution is -0.141. The van der Waals surface area contributed by atoms with E-state index < -0.39 is 11.9 Å². The molecule has 2 saturated heterocycles. The first-order chi connectivity index (χ1) is 17.7. The number of fused-ring (bicyclic) bond motifs is 1. The fraction of sp³-hybridized carbons (Fsp3) is 0.440. The smallest absolute Gasteiger partial charge is 0.433 e. The van der Waals surface area contributed by atoms with Crippen molar-refractivity contribution in [2.45, 2.75) is 30.5 Å². The molecule has 0 spiro atoms. The first-order valence-electron chi connectivity index (χ1n) is 12.0. The maximum Gasteiger partial charge on any atom is 0.433 e. The summed E-state index contributed by atoms with van der Waals surface area (Å²) in [5, 5.41) is 15.8. The third-order valence-corrected chi connectivity index (χ3v) is 7.24. The molecule has 0 saturated carbocycles. The number of aromatic amines is 1. The third-order valence-electron chi connectivity index (χ3n) is 7.24. The second-order valence-electron chi connectivity index (χ2n) is 9.98. The molecule has 0 aliphatic carbocycles. The highest BCUT2D eigenvalue weighted by molar-refractivity contribution is 5.95. The lowest BCUT2D eigenvalue weighted by Crippen LogP contribution is -2.49. The van der Waals surface area contributed by atoms with Crippen LogP contribution in [0.15, 0.2) is 36.7 Å². The summed E-state index contributed by atoms with van der Waals surface area (Å²) in [6.45, 7) is 2.47. The molecule has 5 heterocycles.